The second kappa shape index (κ2) is 8.41. The molecule has 0 amide bonds. The number of nitrogens with zero attached hydrogens (tertiary/aromatic N) is 5. The third kappa shape index (κ3) is 3.17. The van der Waals surface area contributed by atoms with Crippen molar-refractivity contribution in [2.45, 2.75) is 0 Å². The molecule has 0 fully saturated rings. The zero-order chi connectivity index (χ0) is 26.9. The quantitative estimate of drug-likeness (QED) is 0.232. The van der Waals surface area contributed by atoms with Crippen LogP contribution in [0.4, 0.5) is 0 Å². The first-order valence-electron chi connectivity index (χ1n) is 13.8. The predicted molar refractivity (Wildman–Crippen MR) is 168 cm³/mol. The lowest BCUT2D eigenvalue weighted by molar-refractivity contribution is 0.766. The maximum Gasteiger partial charge on any atom is 0.115 e. The minimum Gasteiger partial charge on any atom is -0.307 e. The molecule has 0 atom stereocenters. The highest BCUT2D eigenvalue weighted by Gasteiger charge is 2.21. The Kier molecular flexibility index (Phi) is 4.55. The van der Waals surface area contributed by atoms with Crippen LogP contribution in [0.3, 0.4) is 0 Å². The fraction of sp³-hybridized carbons (Fsp3) is 0. The fourth-order valence-corrected chi connectivity index (χ4v) is 6.33. The molecule has 0 spiro atoms. The van der Waals surface area contributed by atoms with Gasteiger partial charge in [-0.2, -0.15) is 4.80 Å². The third-order valence-electron chi connectivity index (χ3n) is 8.09. The normalized spacial score (nSPS) is 11.9. The summed E-state index contributed by atoms with van der Waals surface area (Å²) in [5.74, 6) is 0. The molecule has 0 radical (unpaired) electrons. The van der Waals surface area contributed by atoms with E-state index in [2.05, 4.69) is 118 Å². The molecule has 0 aliphatic carbocycles. The van der Waals surface area contributed by atoms with Crippen LogP contribution in [0, 0.1) is 0 Å². The maximum absolute atomic E-state index is 4.86. The van der Waals surface area contributed by atoms with E-state index in [1.165, 1.54) is 38.1 Å². The van der Waals surface area contributed by atoms with Crippen molar-refractivity contribution < 1.29 is 0 Å². The third-order valence-corrected chi connectivity index (χ3v) is 8.09. The summed E-state index contributed by atoms with van der Waals surface area (Å²) in [7, 11) is 0. The van der Waals surface area contributed by atoms with Gasteiger partial charge in [0.15, 0.2) is 0 Å². The Hall–Kier alpha value is -5.68. The second-order valence-electron chi connectivity index (χ2n) is 10.4. The van der Waals surface area contributed by atoms with Gasteiger partial charge in [-0.15, -0.1) is 10.2 Å². The van der Waals surface area contributed by atoms with Gasteiger partial charge in [-0.1, -0.05) is 84.9 Å². The van der Waals surface area contributed by atoms with Crippen molar-refractivity contribution in [2.75, 3.05) is 0 Å². The number of rotatable bonds is 3. The standard InChI is InChI=1S/C36H23N5/c1-3-11-24(12-4-1)39-33-17-9-7-15-27(33)29-20-21-30-28-16-8-10-18-34(28)40(36(30)35(29)39)26-19-22-31-32(23-26)38-41(37-31)25-13-5-2-6-14-25/h1-23H. The molecule has 9 rings (SSSR count). The molecule has 6 aromatic carbocycles. The van der Waals surface area contributed by atoms with Crippen LogP contribution in [0.25, 0.3) is 71.7 Å². The zero-order valence-electron chi connectivity index (χ0n) is 22.0. The van der Waals surface area contributed by atoms with Crippen molar-refractivity contribution in [2.24, 2.45) is 0 Å². The molecule has 3 heterocycles. The van der Waals surface area contributed by atoms with Gasteiger partial charge in [0.25, 0.3) is 0 Å². The van der Waals surface area contributed by atoms with Gasteiger partial charge in [0, 0.05) is 32.9 Å². The summed E-state index contributed by atoms with van der Waals surface area (Å²) >= 11 is 0. The molecule has 192 valence electrons. The molecular formula is C36H23N5. The minimum absolute atomic E-state index is 0.855. The van der Waals surface area contributed by atoms with E-state index in [1.54, 1.807) is 4.80 Å². The van der Waals surface area contributed by atoms with Gasteiger partial charge in [-0.05, 0) is 54.6 Å². The molecule has 9 aromatic rings. The molecule has 0 aliphatic heterocycles. The van der Waals surface area contributed by atoms with Crippen molar-refractivity contribution in [3.8, 4) is 17.1 Å². The SMILES string of the molecule is c1ccc(-n2nc3ccc(-n4c5ccccc5c5ccc6c7ccccc7n(-c7ccccc7)c6c54)cc3n2)cc1. The van der Waals surface area contributed by atoms with Gasteiger partial charge in [0.05, 0.1) is 27.8 Å². The number of hydrogen-bond donors (Lipinski definition) is 0. The van der Waals surface area contributed by atoms with E-state index >= 15 is 0 Å². The van der Waals surface area contributed by atoms with Gasteiger partial charge in [0.1, 0.15) is 11.0 Å². The average molecular weight is 526 g/mol. The Morgan fingerprint density at radius 1 is 0.366 bits per heavy atom. The molecule has 3 aromatic heterocycles. The lowest BCUT2D eigenvalue weighted by Gasteiger charge is -2.12. The number of benzene rings is 6. The lowest BCUT2D eigenvalue weighted by Crippen LogP contribution is -1.98. The van der Waals surface area contributed by atoms with Crippen LogP contribution in [0.5, 0.6) is 0 Å². The van der Waals surface area contributed by atoms with Crippen molar-refractivity contribution >= 4 is 54.6 Å². The number of hydrogen-bond acceptors (Lipinski definition) is 2. The van der Waals surface area contributed by atoms with Gasteiger partial charge in [-0.3, -0.25) is 0 Å². The van der Waals surface area contributed by atoms with Crippen molar-refractivity contribution in [1.29, 1.82) is 0 Å². The highest BCUT2D eigenvalue weighted by Crippen LogP contribution is 2.41. The Morgan fingerprint density at radius 2 is 0.878 bits per heavy atom. The first kappa shape index (κ1) is 22.2. The number of aromatic nitrogens is 5. The molecule has 41 heavy (non-hydrogen) atoms. The van der Waals surface area contributed by atoms with Crippen molar-refractivity contribution in [1.82, 2.24) is 24.1 Å². The summed E-state index contributed by atoms with van der Waals surface area (Å²) in [5, 5.41) is 14.5. The Balaban J connectivity index is 1.42. The molecule has 0 bridgehead atoms. The second-order valence-corrected chi connectivity index (χ2v) is 10.4. The summed E-state index contributed by atoms with van der Waals surface area (Å²) < 4.78 is 4.80. The van der Waals surface area contributed by atoms with Crippen LogP contribution in [0.1, 0.15) is 0 Å². The van der Waals surface area contributed by atoms with Crippen LogP contribution in [0.2, 0.25) is 0 Å². The molecule has 0 unspecified atom stereocenters. The summed E-state index contributed by atoms with van der Waals surface area (Å²) in [5.41, 5.74) is 9.59. The predicted octanol–water partition coefficient (Wildman–Crippen LogP) is 8.61. The Morgan fingerprint density at radius 3 is 1.51 bits per heavy atom. The molecule has 0 N–H and O–H groups in total. The summed E-state index contributed by atoms with van der Waals surface area (Å²) in [6, 6.07) is 49.0. The van der Waals surface area contributed by atoms with Gasteiger partial charge >= 0.3 is 0 Å². The minimum atomic E-state index is 0.855. The highest BCUT2D eigenvalue weighted by molar-refractivity contribution is 6.23. The van der Waals surface area contributed by atoms with E-state index in [0.29, 0.717) is 0 Å². The van der Waals surface area contributed by atoms with Crippen LogP contribution in [-0.2, 0) is 0 Å². The topological polar surface area (TPSA) is 40.6 Å². The monoisotopic (exact) mass is 525 g/mol. The molecule has 0 saturated carbocycles. The molecule has 0 aliphatic rings. The Labute approximate surface area is 235 Å². The zero-order valence-corrected chi connectivity index (χ0v) is 22.0. The van der Waals surface area contributed by atoms with Gasteiger partial charge < -0.3 is 9.13 Å². The van der Waals surface area contributed by atoms with E-state index in [4.69, 9.17) is 10.2 Å². The van der Waals surface area contributed by atoms with Crippen LogP contribution in [0.15, 0.2) is 140 Å². The number of fused-ring (bicyclic) bond motifs is 8. The lowest BCUT2D eigenvalue weighted by atomic mass is 10.1. The maximum atomic E-state index is 4.86. The molecule has 5 heteroatoms. The first-order chi connectivity index (χ1) is 20.3. The first-order valence-corrected chi connectivity index (χ1v) is 13.8. The average Bonchev–Trinajstić information content (AvgIpc) is 3.71. The Bertz CT molecular complexity index is 2410. The van der Waals surface area contributed by atoms with E-state index in [9.17, 15) is 0 Å². The van der Waals surface area contributed by atoms with Crippen molar-refractivity contribution in [3.05, 3.63) is 140 Å². The summed E-state index contributed by atoms with van der Waals surface area (Å²) in [6.07, 6.45) is 0. The summed E-state index contributed by atoms with van der Waals surface area (Å²) in [4.78, 5) is 1.71. The molecule has 5 nitrogen and oxygen atoms in total. The van der Waals surface area contributed by atoms with Crippen LogP contribution < -0.4 is 0 Å². The molecule has 0 saturated heterocycles. The van der Waals surface area contributed by atoms with Crippen LogP contribution in [-0.4, -0.2) is 24.1 Å². The highest BCUT2D eigenvalue weighted by atomic mass is 15.5. The smallest absolute Gasteiger partial charge is 0.115 e. The van der Waals surface area contributed by atoms with Crippen LogP contribution >= 0.6 is 0 Å². The van der Waals surface area contributed by atoms with E-state index in [0.717, 1.165) is 33.6 Å². The van der Waals surface area contributed by atoms with Gasteiger partial charge in [-0.25, -0.2) is 0 Å². The van der Waals surface area contributed by atoms with Crippen molar-refractivity contribution in [3.63, 3.8) is 0 Å². The largest absolute Gasteiger partial charge is 0.307 e. The summed E-state index contributed by atoms with van der Waals surface area (Å²) in [6.45, 7) is 0. The van der Waals surface area contributed by atoms with Gasteiger partial charge in [0.2, 0.25) is 0 Å². The fourth-order valence-electron chi connectivity index (χ4n) is 6.33. The van der Waals surface area contributed by atoms with E-state index < -0.39 is 0 Å². The van der Waals surface area contributed by atoms with E-state index in [1.807, 2.05) is 30.3 Å². The number of para-hydroxylation sites is 4. The van der Waals surface area contributed by atoms with E-state index in [-0.39, 0.29) is 0 Å². The molecular weight excluding hydrogens is 502 g/mol.